The van der Waals surface area contributed by atoms with Crippen molar-refractivity contribution in [2.45, 2.75) is 52.0 Å². The molecule has 1 fully saturated rings. The molecule has 31 heavy (non-hydrogen) atoms. The highest BCUT2D eigenvalue weighted by atomic mass is 16.5. The predicted octanol–water partition coefficient (Wildman–Crippen LogP) is 3.18. The van der Waals surface area contributed by atoms with Gasteiger partial charge < -0.3 is 15.0 Å². The minimum absolute atomic E-state index is 0.0847. The first-order valence-corrected chi connectivity index (χ1v) is 11.3. The highest BCUT2D eigenvalue weighted by Crippen LogP contribution is 2.35. The Morgan fingerprint density at radius 3 is 2.87 bits per heavy atom. The molecule has 2 aliphatic heterocycles. The topological polar surface area (TPSA) is 76.5 Å². The number of nitrogens with zero attached hydrogens (tertiary/aromatic N) is 3. The predicted molar refractivity (Wildman–Crippen MR) is 118 cm³/mol. The molecule has 2 aliphatic rings. The van der Waals surface area contributed by atoms with E-state index in [1.807, 2.05) is 42.3 Å². The third kappa shape index (κ3) is 5.27. The van der Waals surface area contributed by atoms with Crippen molar-refractivity contribution < 1.29 is 14.3 Å². The zero-order valence-corrected chi connectivity index (χ0v) is 18.3. The summed E-state index contributed by atoms with van der Waals surface area (Å²) in [4.78, 5) is 27.9. The molecule has 0 radical (unpaired) electrons. The van der Waals surface area contributed by atoms with Crippen LogP contribution >= 0.6 is 0 Å². The molecule has 0 aliphatic carbocycles. The molecule has 2 amide bonds. The van der Waals surface area contributed by atoms with Gasteiger partial charge in [0.15, 0.2) is 0 Å². The number of benzene rings is 1. The number of piperidine rings is 1. The molecule has 1 atom stereocenters. The fourth-order valence-electron chi connectivity index (χ4n) is 4.75. The lowest BCUT2D eigenvalue weighted by Gasteiger charge is -2.43. The Bertz CT molecular complexity index is 925. The van der Waals surface area contributed by atoms with Gasteiger partial charge in [-0.15, -0.1) is 0 Å². The average Bonchev–Trinajstić information content (AvgIpc) is 3.18. The van der Waals surface area contributed by atoms with Crippen molar-refractivity contribution in [1.82, 2.24) is 20.0 Å². The molecule has 0 saturated carbocycles. The summed E-state index contributed by atoms with van der Waals surface area (Å²) in [5.74, 6) is 0.633. The van der Waals surface area contributed by atoms with Gasteiger partial charge >= 0.3 is 0 Å². The number of carbonyl (C=O) groups is 2. The van der Waals surface area contributed by atoms with Crippen molar-refractivity contribution in [2.75, 3.05) is 26.2 Å². The van der Waals surface area contributed by atoms with Crippen LogP contribution in [0.4, 0.5) is 0 Å². The van der Waals surface area contributed by atoms with Crippen LogP contribution in [-0.4, -0.2) is 52.7 Å². The molecule has 1 aromatic carbocycles. The van der Waals surface area contributed by atoms with Crippen molar-refractivity contribution in [3.05, 3.63) is 47.8 Å². The van der Waals surface area contributed by atoms with Crippen molar-refractivity contribution >= 4 is 11.8 Å². The molecule has 1 spiro atoms. The number of amides is 2. The van der Waals surface area contributed by atoms with E-state index in [0.717, 1.165) is 50.6 Å². The zero-order chi connectivity index (χ0) is 21.7. The molecule has 1 N–H and O–H groups in total. The first-order chi connectivity index (χ1) is 15.0. The number of aryl methyl sites for hydroxylation is 1. The third-order valence-electron chi connectivity index (χ3n) is 6.44. The summed E-state index contributed by atoms with van der Waals surface area (Å²) in [6.07, 6.45) is 9.77. The fourth-order valence-corrected chi connectivity index (χ4v) is 4.75. The summed E-state index contributed by atoms with van der Waals surface area (Å²) in [7, 11) is 0. The lowest BCUT2D eigenvalue weighted by atomic mass is 9.75. The maximum absolute atomic E-state index is 13.0. The number of ether oxygens (including phenoxy) is 1. The van der Waals surface area contributed by atoms with Gasteiger partial charge in [-0.25, -0.2) is 0 Å². The van der Waals surface area contributed by atoms with E-state index in [-0.39, 0.29) is 23.8 Å². The Morgan fingerprint density at radius 1 is 1.19 bits per heavy atom. The van der Waals surface area contributed by atoms with Gasteiger partial charge in [-0.05, 0) is 50.3 Å². The summed E-state index contributed by atoms with van der Waals surface area (Å²) in [5.41, 5.74) is 1.55. The summed E-state index contributed by atoms with van der Waals surface area (Å²) >= 11 is 0. The second-order valence-electron chi connectivity index (χ2n) is 8.97. The van der Waals surface area contributed by atoms with Gasteiger partial charge in [0.05, 0.1) is 18.4 Å². The van der Waals surface area contributed by atoms with Crippen LogP contribution in [0.3, 0.4) is 0 Å². The van der Waals surface area contributed by atoms with E-state index in [9.17, 15) is 9.59 Å². The summed E-state index contributed by atoms with van der Waals surface area (Å²) in [5, 5.41) is 7.41. The van der Waals surface area contributed by atoms with Gasteiger partial charge in [0.2, 0.25) is 5.91 Å². The maximum atomic E-state index is 13.0. The van der Waals surface area contributed by atoms with E-state index >= 15 is 0 Å². The number of aromatic nitrogens is 2. The number of nitrogens with one attached hydrogen (secondary N) is 1. The summed E-state index contributed by atoms with van der Waals surface area (Å²) < 4.78 is 7.56. The first kappa shape index (κ1) is 21.4. The Hall–Kier alpha value is -2.83. The van der Waals surface area contributed by atoms with Crippen LogP contribution in [0.15, 0.2) is 36.7 Å². The molecular weight excluding hydrogens is 392 g/mol. The number of fused-ring (bicyclic) bond motifs is 1. The first-order valence-electron chi connectivity index (χ1n) is 11.3. The van der Waals surface area contributed by atoms with Gasteiger partial charge in [0.25, 0.3) is 5.91 Å². The minimum atomic E-state index is -0.106. The number of likely N-dealkylation sites (tertiary alicyclic amines) is 1. The number of carbonyl (C=O) groups excluding carboxylic acids is 2. The standard InChI is InChI=1S/C24H32N4O3/c1-19-14-26-28(15-19)16-22(29)27-12-7-11-24(18-27)10-5-2-6-13-31-21-9-4-3-8-20(21)23(30)25-17-24/h3-4,8-9,14-15H,2,5-7,10-13,16-18H2,1H3,(H,25,30). The number of hydrogen-bond donors (Lipinski definition) is 1. The van der Waals surface area contributed by atoms with E-state index in [4.69, 9.17) is 4.74 Å². The highest BCUT2D eigenvalue weighted by molar-refractivity contribution is 5.96. The van der Waals surface area contributed by atoms with Crippen molar-refractivity contribution in [2.24, 2.45) is 5.41 Å². The monoisotopic (exact) mass is 424 g/mol. The number of rotatable bonds is 2. The number of para-hydroxylation sites is 1. The molecule has 7 heteroatoms. The van der Waals surface area contributed by atoms with Gasteiger partial charge in [-0.3, -0.25) is 14.3 Å². The van der Waals surface area contributed by atoms with E-state index in [0.29, 0.717) is 31.0 Å². The van der Waals surface area contributed by atoms with E-state index < -0.39 is 0 Å². The molecule has 3 heterocycles. The SMILES string of the molecule is Cc1cnn(CC(=O)N2CCCC3(CCCCCOc4ccccc4C(=O)NC3)C2)c1. The van der Waals surface area contributed by atoms with Gasteiger partial charge in [0.1, 0.15) is 12.3 Å². The maximum Gasteiger partial charge on any atom is 0.255 e. The second kappa shape index (κ2) is 9.54. The van der Waals surface area contributed by atoms with Crippen LogP contribution in [0.25, 0.3) is 0 Å². The van der Waals surface area contributed by atoms with Crippen molar-refractivity contribution in [3.8, 4) is 5.75 Å². The largest absolute Gasteiger partial charge is 0.493 e. The molecule has 1 saturated heterocycles. The van der Waals surface area contributed by atoms with Crippen LogP contribution in [0.2, 0.25) is 0 Å². The smallest absolute Gasteiger partial charge is 0.255 e. The van der Waals surface area contributed by atoms with Gasteiger partial charge in [0, 0.05) is 31.2 Å². The third-order valence-corrected chi connectivity index (χ3v) is 6.44. The number of hydrogen-bond acceptors (Lipinski definition) is 4. The Balaban J connectivity index is 1.48. The molecule has 1 aromatic heterocycles. The van der Waals surface area contributed by atoms with E-state index in [2.05, 4.69) is 10.4 Å². The van der Waals surface area contributed by atoms with Gasteiger partial charge in [-0.1, -0.05) is 25.0 Å². The highest BCUT2D eigenvalue weighted by Gasteiger charge is 2.37. The lowest BCUT2D eigenvalue weighted by Crippen LogP contribution is -2.51. The minimum Gasteiger partial charge on any atom is -0.493 e. The van der Waals surface area contributed by atoms with Crippen molar-refractivity contribution in [3.63, 3.8) is 0 Å². The Morgan fingerprint density at radius 2 is 2.03 bits per heavy atom. The molecule has 1 unspecified atom stereocenters. The van der Waals surface area contributed by atoms with E-state index in [1.54, 1.807) is 10.9 Å². The fraction of sp³-hybridized carbons (Fsp3) is 0.542. The molecule has 2 aromatic rings. The Labute approximate surface area is 183 Å². The Kier molecular flexibility index (Phi) is 6.59. The van der Waals surface area contributed by atoms with Crippen LogP contribution in [0.1, 0.15) is 54.4 Å². The zero-order valence-electron chi connectivity index (χ0n) is 18.3. The molecule has 166 valence electrons. The molecule has 4 rings (SSSR count). The quantitative estimate of drug-likeness (QED) is 0.803. The summed E-state index contributed by atoms with van der Waals surface area (Å²) in [6, 6.07) is 7.42. The van der Waals surface area contributed by atoms with Crippen LogP contribution in [-0.2, 0) is 11.3 Å². The molecular formula is C24H32N4O3. The molecule has 0 bridgehead atoms. The molecule has 7 nitrogen and oxygen atoms in total. The average molecular weight is 425 g/mol. The van der Waals surface area contributed by atoms with Crippen LogP contribution < -0.4 is 10.1 Å². The van der Waals surface area contributed by atoms with Crippen molar-refractivity contribution in [1.29, 1.82) is 0 Å². The second-order valence-corrected chi connectivity index (χ2v) is 8.97. The van der Waals surface area contributed by atoms with E-state index in [1.165, 1.54) is 0 Å². The van der Waals surface area contributed by atoms with Crippen LogP contribution in [0.5, 0.6) is 5.75 Å². The normalized spacial score (nSPS) is 22.6. The summed E-state index contributed by atoms with van der Waals surface area (Å²) in [6.45, 7) is 4.88. The lowest BCUT2D eigenvalue weighted by molar-refractivity contribution is -0.135. The van der Waals surface area contributed by atoms with Gasteiger partial charge in [-0.2, -0.15) is 5.10 Å². The van der Waals surface area contributed by atoms with Crippen LogP contribution in [0, 0.1) is 12.3 Å².